The molecule has 0 radical (unpaired) electrons. The van der Waals surface area contributed by atoms with Crippen LogP contribution in [0.5, 0.6) is 5.75 Å². The van der Waals surface area contributed by atoms with Crippen molar-refractivity contribution in [2.75, 3.05) is 50.6 Å². The predicted molar refractivity (Wildman–Crippen MR) is 85.8 cm³/mol. The number of piperazine rings is 1. The highest BCUT2D eigenvalue weighted by atomic mass is 16.5. The molecule has 1 aromatic heterocycles. The van der Waals surface area contributed by atoms with Gasteiger partial charge >= 0.3 is 0 Å². The molecule has 0 atom stereocenters. The maximum absolute atomic E-state index is 5.56. The van der Waals surface area contributed by atoms with Crippen LogP contribution in [-0.2, 0) is 0 Å². The van der Waals surface area contributed by atoms with Crippen molar-refractivity contribution < 1.29 is 4.74 Å². The number of methoxy groups -OCH3 is 1. The number of para-hydroxylation sites is 1. The first kappa shape index (κ1) is 14.5. The Bertz CT molecular complexity index is 613. The van der Waals surface area contributed by atoms with Gasteiger partial charge in [0.25, 0.3) is 0 Å². The second-order valence-electron chi connectivity index (χ2n) is 5.23. The molecule has 1 aliphatic heterocycles. The average Bonchev–Trinajstić information content (AvgIpc) is 2.56. The second kappa shape index (κ2) is 6.57. The van der Waals surface area contributed by atoms with Gasteiger partial charge in [0.2, 0.25) is 5.95 Å². The summed E-state index contributed by atoms with van der Waals surface area (Å²) >= 11 is 0. The fraction of sp³-hybridized carbons (Fsp3) is 0.400. The Labute approximate surface area is 130 Å². The standard InChI is InChI=1S/C15H20N6O/c1-20-6-8-21(9-7-20)14-12(4-3-5-13(14)22-2)19-15-17-10-16-11-18-15/h3-5,10-11H,6-9H2,1-2H3,(H,16,17,18,19). The number of hydrogen-bond donors (Lipinski definition) is 1. The molecule has 0 spiro atoms. The van der Waals surface area contributed by atoms with Gasteiger partial charge in [-0.3, -0.25) is 0 Å². The predicted octanol–water partition coefficient (Wildman–Crippen LogP) is 1.38. The Morgan fingerprint density at radius 1 is 1.09 bits per heavy atom. The Hall–Kier alpha value is -2.41. The molecular weight excluding hydrogens is 280 g/mol. The number of rotatable bonds is 4. The fourth-order valence-corrected chi connectivity index (χ4v) is 2.57. The Morgan fingerprint density at radius 2 is 1.82 bits per heavy atom. The highest BCUT2D eigenvalue weighted by molar-refractivity contribution is 5.79. The lowest BCUT2D eigenvalue weighted by Crippen LogP contribution is -2.44. The van der Waals surface area contributed by atoms with Gasteiger partial charge in [-0.25, -0.2) is 15.0 Å². The molecule has 2 aromatic rings. The monoisotopic (exact) mass is 300 g/mol. The van der Waals surface area contributed by atoms with Crippen molar-refractivity contribution in [2.45, 2.75) is 0 Å². The van der Waals surface area contributed by atoms with E-state index in [2.05, 4.69) is 37.1 Å². The summed E-state index contributed by atoms with van der Waals surface area (Å²) < 4.78 is 5.56. The first-order chi connectivity index (χ1) is 10.8. The molecule has 0 unspecified atom stereocenters. The molecule has 0 aliphatic carbocycles. The van der Waals surface area contributed by atoms with Crippen molar-refractivity contribution in [3.05, 3.63) is 30.9 Å². The number of benzene rings is 1. The normalized spacial score (nSPS) is 15.6. The van der Waals surface area contributed by atoms with Crippen molar-refractivity contribution in [3.63, 3.8) is 0 Å². The molecule has 1 fully saturated rings. The minimum Gasteiger partial charge on any atom is -0.495 e. The highest BCUT2D eigenvalue weighted by Crippen LogP contribution is 2.37. The molecule has 3 rings (SSSR count). The molecule has 116 valence electrons. The Kier molecular flexibility index (Phi) is 4.34. The van der Waals surface area contributed by atoms with Gasteiger partial charge in [0.05, 0.1) is 12.8 Å². The van der Waals surface area contributed by atoms with Crippen LogP contribution in [0.2, 0.25) is 0 Å². The minimum atomic E-state index is 0.527. The summed E-state index contributed by atoms with van der Waals surface area (Å²) in [7, 11) is 3.84. The van der Waals surface area contributed by atoms with Gasteiger partial charge in [0.1, 0.15) is 24.1 Å². The van der Waals surface area contributed by atoms with Crippen LogP contribution in [0, 0.1) is 0 Å². The van der Waals surface area contributed by atoms with Gasteiger partial charge in [0, 0.05) is 26.2 Å². The number of likely N-dealkylation sites (N-methyl/N-ethyl adjacent to an activating group) is 1. The van der Waals surface area contributed by atoms with Gasteiger partial charge in [-0.15, -0.1) is 0 Å². The second-order valence-corrected chi connectivity index (χ2v) is 5.23. The summed E-state index contributed by atoms with van der Waals surface area (Å²) in [5.74, 6) is 1.38. The maximum atomic E-state index is 5.56. The highest BCUT2D eigenvalue weighted by Gasteiger charge is 2.21. The molecule has 7 nitrogen and oxygen atoms in total. The lowest BCUT2D eigenvalue weighted by molar-refractivity contribution is 0.311. The van der Waals surface area contributed by atoms with Crippen molar-refractivity contribution in [1.29, 1.82) is 0 Å². The average molecular weight is 300 g/mol. The molecule has 7 heteroatoms. The van der Waals surface area contributed by atoms with E-state index < -0.39 is 0 Å². The summed E-state index contributed by atoms with van der Waals surface area (Å²) in [6.07, 6.45) is 2.95. The number of hydrogen-bond acceptors (Lipinski definition) is 7. The van der Waals surface area contributed by atoms with Crippen molar-refractivity contribution >= 4 is 17.3 Å². The van der Waals surface area contributed by atoms with E-state index in [1.807, 2.05) is 18.2 Å². The van der Waals surface area contributed by atoms with Crippen LogP contribution in [0.25, 0.3) is 0 Å². The summed E-state index contributed by atoms with van der Waals surface area (Å²) in [5, 5.41) is 3.26. The third-order valence-electron chi connectivity index (χ3n) is 3.78. The van der Waals surface area contributed by atoms with Crippen LogP contribution in [0.4, 0.5) is 17.3 Å². The third kappa shape index (κ3) is 3.09. The van der Waals surface area contributed by atoms with E-state index in [1.54, 1.807) is 7.11 Å². The van der Waals surface area contributed by atoms with Crippen molar-refractivity contribution in [2.24, 2.45) is 0 Å². The lowest BCUT2D eigenvalue weighted by Gasteiger charge is -2.35. The number of nitrogens with zero attached hydrogens (tertiary/aromatic N) is 5. The fourth-order valence-electron chi connectivity index (χ4n) is 2.57. The lowest BCUT2D eigenvalue weighted by atomic mass is 10.2. The summed E-state index contributed by atoms with van der Waals surface area (Å²) in [6.45, 7) is 3.98. The number of ether oxygens (including phenoxy) is 1. The number of aromatic nitrogens is 3. The van der Waals surface area contributed by atoms with Crippen molar-refractivity contribution in [1.82, 2.24) is 19.9 Å². The molecule has 22 heavy (non-hydrogen) atoms. The molecule has 0 bridgehead atoms. The molecule has 0 amide bonds. The van der Waals surface area contributed by atoms with E-state index in [1.165, 1.54) is 12.7 Å². The minimum absolute atomic E-state index is 0.527. The topological polar surface area (TPSA) is 66.4 Å². The molecule has 1 aliphatic rings. The van der Waals surface area contributed by atoms with Gasteiger partial charge in [-0.1, -0.05) is 6.07 Å². The van der Waals surface area contributed by atoms with Crippen LogP contribution >= 0.6 is 0 Å². The summed E-state index contributed by atoms with van der Waals surface area (Å²) in [6, 6.07) is 5.95. The van der Waals surface area contributed by atoms with E-state index in [4.69, 9.17) is 4.74 Å². The molecule has 0 saturated carbocycles. The summed E-state index contributed by atoms with van der Waals surface area (Å²) in [5.41, 5.74) is 1.99. The molecule has 1 saturated heterocycles. The zero-order chi connectivity index (χ0) is 15.4. The van der Waals surface area contributed by atoms with E-state index in [9.17, 15) is 0 Å². The van der Waals surface area contributed by atoms with Crippen LogP contribution in [0.3, 0.4) is 0 Å². The van der Waals surface area contributed by atoms with Crippen LogP contribution < -0.4 is 15.0 Å². The van der Waals surface area contributed by atoms with Crippen LogP contribution in [-0.4, -0.2) is 60.2 Å². The smallest absolute Gasteiger partial charge is 0.230 e. The largest absolute Gasteiger partial charge is 0.495 e. The van der Waals surface area contributed by atoms with E-state index in [0.717, 1.165) is 43.3 Å². The maximum Gasteiger partial charge on any atom is 0.230 e. The van der Waals surface area contributed by atoms with Gasteiger partial charge in [-0.05, 0) is 19.2 Å². The van der Waals surface area contributed by atoms with E-state index in [-0.39, 0.29) is 0 Å². The SMILES string of the molecule is COc1cccc(Nc2ncncn2)c1N1CCN(C)CC1. The van der Waals surface area contributed by atoms with E-state index >= 15 is 0 Å². The van der Waals surface area contributed by atoms with Gasteiger partial charge in [0.15, 0.2) is 0 Å². The molecule has 2 heterocycles. The quantitative estimate of drug-likeness (QED) is 0.915. The first-order valence-corrected chi connectivity index (χ1v) is 7.27. The zero-order valence-corrected chi connectivity index (χ0v) is 12.9. The van der Waals surface area contributed by atoms with Crippen molar-refractivity contribution in [3.8, 4) is 5.75 Å². The molecular formula is C15H20N6O. The Morgan fingerprint density at radius 3 is 2.50 bits per heavy atom. The van der Waals surface area contributed by atoms with Gasteiger partial charge < -0.3 is 19.9 Å². The molecule has 1 N–H and O–H groups in total. The third-order valence-corrected chi connectivity index (χ3v) is 3.78. The first-order valence-electron chi connectivity index (χ1n) is 7.27. The van der Waals surface area contributed by atoms with Gasteiger partial charge in [-0.2, -0.15) is 0 Å². The van der Waals surface area contributed by atoms with E-state index in [0.29, 0.717) is 5.95 Å². The number of anilines is 3. The number of nitrogens with one attached hydrogen (secondary N) is 1. The molecule has 1 aromatic carbocycles. The zero-order valence-electron chi connectivity index (χ0n) is 12.9. The summed E-state index contributed by atoms with van der Waals surface area (Å²) in [4.78, 5) is 16.8. The van der Waals surface area contributed by atoms with Crippen LogP contribution in [0.1, 0.15) is 0 Å². The Balaban J connectivity index is 1.92. The van der Waals surface area contributed by atoms with Crippen LogP contribution in [0.15, 0.2) is 30.9 Å².